The molecule has 0 unspecified atom stereocenters. The summed E-state index contributed by atoms with van der Waals surface area (Å²) < 4.78 is 7.52. The summed E-state index contributed by atoms with van der Waals surface area (Å²) in [6.07, 6.45) is 1.37. The van der Waals surface area contributed by atoms with Gasteiger partial charge in [-0.25, -0.2) is 18.9 Å². The van der Waals surface area contributed by atoms with Gasteiger partial charge >= 0.3 is 5.69 Å². The molecule has 0 aliphatic rings. The molecule has 0 saturated heterocycles. The molecule has 0 spiro atoms. The number of hydrogen-bond donors (Lipinski definition) is 1. The summed E-state index contributed by atoms with van der Waals surface area (Å²) in [4.78, 5) is 29.1. The minimum Gasteiger partial charge on any atom is -0.497 e. The second kappa shape index (κ2) is 6.73. The van der Waals surface area contributed by atoms with Crippen LogP contribution in [0, 0.1) is 0 Å². The van der Waals surface area contributed by atoms with Gasteiger partial charge in [-0.2, -0.15) is 0 Å². The number of hydrogen-bond acceptors (Lipinski definition) is 5. The highest BCUT2D eigenvalue weighted by molar-refractivity contribution is 6.31. The summed E-state index contributed by atoms with van der Waals surface area (Å²) in [5.74, 6) is 0.239. The fraction of sp³-hybridized carbons (Fsp3) is 0.111. The van der Waals surface area contributed by atoms with E-state index in [9.17, 15) is 9.59 Å². The number of nitrogens with one attached hydrogen (secondary N) is 1. The van der Waals surface area contributed by atoms with E-state index in [0.717, 1.165) is 4.68 Å². The third-order valence-electron chi connectivity index (χ3n) is 4.03. The number of nitrogens with zero attached hydrogens (tertiary/aromatic N) is 4. The Labute approximate surface area is 158 Å². The van der Waals surface area contributed by atoms with E-state index in [2.05, 4.69) is 15.4 Å². The number of carbonyl (C=O) groups is 1. The van der Waals surface area contributed by atoms with E-state index in [1.807, 2.05) is 0 Å². The molecule has 0 saturated carbocycles. The van der Waals surface area contributed by atoms with Crippen molar-refractivity contribution in [1.29, 1.82) is 0 Å². The quantitative estimate of drug-likeness (QED) is 0.584. The first-order valence-corrected chi connectivity index (χ1v) is 8.40. The number of anilines is 1. The van der Waals surface area contributed by atoms with Crippen molar-refractivity contribution in [3.63, 3.8) is 0 Å². The van der Waals surface area contributed by atoms with E-state index >= 15 is 0 Å². The lowest BCUT2D eigenvalue weighted by molar-refractivity contribution is -0.117. The number of rotatable bonds is 4. The molecule has 2 aromatic carbocycles. The zero-order chi connectivity index (χ0) is 19.0. The zero-order valence-electron chi connectivity index (χ0n) is 14.2. The maximum atomic E-state index is 12.5. The summed E-state index contributed by atoms with van der Waals surface area (Å²) in [7, 11) is 1.54. The first-order chi connectivity index (χ1) is 13.0. The predicted molar refractivity (Wildman–Crippen MR) is 101 cm³/mol. The Hall–Kier alpha value is -3.39. The average Bonchev–Trinajstić information content (AvgIpc) is 2.97. The topological polar surface area (TPSA) is 90.5 Å². The fourth-order valence-corrected chi connectivity index (χ4v) is 2.94. The van der Waals surface area contributed by atoms with E-state index in [1.165, 1.54) is 10.7 Å². The normalized spacial score (nSPS) is 11.0. The van der Waals surface area contributed by atoms with Gasteiger partial charge in [-0.15, -0.1) is 5.10 Å². The molecule has 2 aromatic heterocycles. The summed E-state index contributed by atoms with van der Waals surface area (Å²) in [5.41, 5.74) is 1.15. The van der Waals surface area contributed by atoms with Gasteiger partial charge < -0.3 is 10.1 Å². The average molecular weight is 384 g/mol. The Balaban J connectivity index is 1.65. The highest BCUT2D eigenvalue weighted by atomic mass is 35.5. The van der Waals surface area contributed by atoms with Crippen LogP contribution in [-0.2, 0) is 11.3 Å². The zero-order valence-corrected chi connectivity index (χ0v) is 15.0. The van der Waals surface area contributed by atoms with Crippen molar-refractivity contribution in [3.05, 3.63) is 64.3 Å². The van der Waals surface area contributed by atoms with Crippen LogP contribution >= 0.6 is 11.6 Å². The lowest BCUT2D eigenvalue weighted by Gasteiger charge is -2.06. The largest absolute Gasteiger partial charge is 0.497 e. The lowest BCUT2D eigenvalue weighted by Crippen LogP contribution is -2.28. The molecule has 8 nitrogen and oxygen atoms in total. The first-order valence-electron chi connectivity index (χ1n) is 8.02. The van der Waals surface area contributed by atoms with Crippen LogP contribution in [0.2, 0.25) is 5.02 Å². The second-order valence-corrected chi connectivity index (χ2v) is 6.26. The number of ether oxygens (including phenoxy) is 1. The van der Waals surface area contributed by atoms with Gasteiger partial charge in [0.2, 0.25) is 5.91 Å². The van der Waals surface area contributed by atoms with E-state index in [0.29, 0.717) is 33.0 Å². The minimum absolute atomic E-state index is 0.229. The molecule has 0 radical (unpaired) electrons. The number of halogens is 1. The van der Waals surface area contributed by atoms with Gasteiger partial charge in [0.05, 0.1) is 12.6 Å². The molecule has 4 rings (SSSR count). The molecule has 136 valence electrons. The van der Waals surface area contributed by atoms with Crippen molar-refractivity contribution in [1.82, 2.24) is 19.2 Å². The molecule has 1 N–H and O–H groups in total. The number of fused-ring (bicyclic) bond motifs is 3. The highest BCUT2D eigenvalue weighted by Crippen LogP contribution is 2.20. The van der Waals surface area contributed by atoms with Crippen LogP contribution in [0.25, 0.3) is 16.6 Å². The molecule has 9 heteroatoms. The molecule has 0 aliphatic carbocycles. The Morgan fingerprint density at radius 2 is 2.11 bits per heavy atom. The molecule has 0 atom stereocenters. The van der Waals surface area contributed by atoms with Gasteiger partial charge in [0.1, 0.15) is 18.6 Å². The summed E-state index contributed by atoms with van der Waals surface area (Å²) >= 11 is 5.98. The van der Waals surface area contributed by atoms with E-state index in [-0.39, 0.29) is 12.5 Å². The molecule has 1 amide bonds. The Morgan fingerprint density at radius 3 is 2.93 bits per heavy atom. The molecule has 27 heavy (non-hydrogen) atoms. The standard InChI is InChI=1S/C18H14ClN5O3/c1-27-13-4-2-3-12(8-13)21-16(25)9-24-18(26)23-10-20-15-7-11(19)5-6-14(15)17(23)22-24/h2-8,10H,9H2,1H3,(H,21,25). The van der Waals surface area contributed by atoms with Crippen molar-refractivity contribution >= 4 is 39.7 Å². The van der Waals surface area contributed by atoms with Crippen molar-refractivity contribution in [2.75, 3.05) is 12.4 Å². The van der Waals surface area contributed by atoms with Gasteiger partial charge in [-0.1, -0.05) is 17.7 Å². The van der Waals surface area contributed by atoms with E-state index < -0.39 is 5.69 Å². The molecule has 2 heterocycles. The molecule has 0 bridgehead atoms. The third kappa shape index (κ3) is 3.22. The highest BCUT2D eigenvalue weighted by Gasteiger charge is 2.14. The smallest absolute Gasteiger partial charge is 0.352 e. The van der Waals surface area contributed by atoms with Crippen LogP contribution in [0.3, 0.4) is 0 Å². The fourth-order valence-electron chi connectivity index (χ4n) is 2.77. The first kappa shape index (κ1) is 17.0. The van der Waals surface area contributed by atoms with Gasteiger partial charge in [0.25, 0.3) is 0 Å². The molecule has 0 fully saturated rings. The van der Waals surface area contributed by atoms with Gasteiger partial charge in [-0.05, 0) is 30.3 Å². The van der Waals surface area contributed by atoms with Crippen LogP contribution in [0.15, 0.2) is 53.6 Å². The summed E-state index contributed by atoms with van der Waals surface area (Å²) in [6.45, 7) is -0.229. The number of amides is 1. The number of methoxy groups -OCH3 is 1. The summed E-state index contributed by atoms with van der Waals surface area (Å²) in [6, 6.07) is 12.1. The Morgan fingerprint density at radius 1 is 1.26 bits per heavy atom. The lowest BCUT2D eigenvalue weighted by atomic mass is 10.2. The van der Waals surface area contributed by atoms with E-state index in [1.54, 1.807) is 49.6 Å². The number of aromatic nitrogens is 4. The van der Waals surface area contributed by atoms with Crippen LogP contribution < -0.4 is 15.7 Å². The minimum atomic E-state index is -0.449. The third-order valence-corrected chi connectivity index (χ3v) is 4.27. The van der Waals surface area contributed by atoms with Crippen molar-refractivity contribution in [2.45, 2.75) is 6.54 Å². The molecule has 0 aliphatic heterocycles. The predicted octanol–water partition coefficient (Wildman–Crippen LogP) is 2.34. The van der Waals surface area contributed by atoms with Crippen LogP contribution in [-0.4, -0.2) is 32.2 Å². The van der Waals surface area contributed by atoms with Crippen molar-refractivity contribution in [3.8, 4) is 5.75 Å². The SMILES string of the molecule is COc1cccc(NC(=O)Cn2nc3c4ccc(Cl)cc4ncn3c2=O)c1. The van der Waals surface area contributed by atoms with Gasteiger partial charge in [0.15, 0.2) is 5.65 Å². The van der Waals surface area contributed by atoms with Crippen molar-refractivity contribution in [2.24, 2.45) is 0 Å². The van der Waals surface area contributed by atoms with Crippen LogP contribution in [0.1, 0.15) is 0 Å². The van der Waals surface area contributed by atoms with Crippen LogP contribution in [0.4, 0.5) is 5.69 Å². The monoisotopic (exact) mass is 383 g/mol. The molecule has 4 aromatic rings. The number of carbonyl (C=O) groups excluding carboxylic acids is 1. The molecular formula is C18H14ClN5O3. The Bertz CT molecular complexity index is 1230. The van der Waals surface area contributed by atoms with Crippen molar-refractivity contribution < 1.29 is 9.53 Å². The van der Waals surface area contributed by atoms with Gasteiger partial charge in [0, 0.05) is 22.2 Å². The molecular weight excluding hydrogens is 370 g/mol. The maximum Gasteiger partial charge on any atom is 0.352 e. The van der Waals surface area contributed by atoms with Crippen LogP contribution in [0.5, 0.6) is 5.75 Å². The second-order valence-electron chi connectivity index (χ2n) is 5.82. The summed E-state index contributed by atoms with van der Waals surface area (Å²) in [5, 5.41) is 8.22. The Kier molecular flexibility index (Phi) is 4.25. The van der Waals surface area contributed by atoms with Gasteiger partial charge in [-0.3, -0.25) is 4.79 Å². The van der Waals surface area contributed by atoms with E-state index in [4.69, 9.17) is 16.3 Å². The maximum absolute atomic E-state index is 12.5. The number of benzene rings is 2.